The topological polar surface area (TPSA) is 60.2 Å². The largest absolute Gasteiger partial charge is 0.378 e. The van der Waals surface area contributed by atoms with Crippen molar-refractivity contribution < 1.29 is 13.7 Å². The molecule has 2 heterocycles. The average molecular weight is 342 g/mol. The zero-order chi connectivity index (χ0) is 13.9. The summed E-state index contributed by atoms with van der Waals surface area (Å²) in [6.45, 7) is 2.02. The summed E-state index contributed by atoms with van der Waals surface area (Å²) in [5, 5.41) is 7.22. The number of nitrogens with one attached hydrogen (secondary N) is 1. The summed E-state index contributed by atoms with van der Waals surface area (Å²) in [5.41, 5.74) is 0.904. The molecule has 106 valence electrons. The Morgan fingerprint density at radius 2 is 2.35 bits per heavy atom. The van der Waals surface area contributed by atoms with Gasteiger partial charge in [-0.3, -0.25) is 0 Å². The molecular weight excluding hydrogens is 329 g/mol. The van der Waals surface area contributed by atoms with Crippen molar-refractivity contribution in [1.29, 1.82) is 0 Å². The molecule has 20 heavy (non-hydrogen) atoms. The first-order valence-electron chi connectivity index (χ1n) is 6.30. The Morgan fingerprint density at radius 3 is 3.10 bits per heavy atom. The molecule has 0 bridgehead atoms. The van der Waals surface area contributed by atoms with Gasteiger partial charge in [0.25, 0.3) is 0 Å². The molecule has 1 fully saturated rings. The first kappa shape index (κ1) is 13.7. The van der Waals surface area contributed by atoms with Crippen LogP contribution in [0.25, 0.3) is 0 Å². The minimum absolute atomic E-state index is 0.0267. The summed E-state index contributed by atoms with van der Waals surface area (Å²) in [6.07, 6.45) is 0.472. The molecule has 1 aromatic heterocycles. The van der Waals surface area contributed by atoms with Crippen LogP contribution in [0, 0.1) is 5.82 Å². The number of hydrogen-bond donors (Lipinski definition) is 1. The van der Waals surface area contributed by atoms with Crippen molar-refractivity contribution >= 4 is 15.9 Å². The quantitative estimate of drug-likeness (QED) is 0.927. The molecule has 1 aliphatic rings. The van der Waals surface area contributed by atoms with Crippen molar-refractivity contribution in [2.24, 2.45) is 0 Å². The fraction of sp³-hybridized carbons (Fsp3) is 0.385. The Balaban J connectivity index is 1.71. The lowest BCUT2D eigenvalue weighted by atomic mass is 10.1. The van der Waals surface area contributed by atoms with Gasteiger partial charge in [-0.05, 0) is 33.6 Å². The number of aromatic nitrogens is 2. The second kappa shape index (κ2) is 5.99. The van der Waals surface area contributed by atoms with Crippen LogP contribution in [0.4, 0.5) is 4.39 Å². The van der Waals surface area contributed by atoms with E-state index in [4.69, 9.17) is 9.26 Å². The number of nitrogens with zero attached hydrogens (tertiary/aromatic N) is 2. The van der Waals surface area contributed by atoms with Crippen LogP contribution in [0.1, 0.15) is 23.3 Å². The molecule has 0 radical (unpaired) electrons. The Morgan fingerprint density at radius 1 is 1.45 bits per heavy atom. The number of rotatable bonds is 3. The van der Waals surface area contributed by atoms with E-state index in [1.807, 2.05) is 0 Å². The molecule has 3 rings (SSSR count). The van der Waals surface area contributed by atoms with E-state index in [1.54, 1.807) is 12.1 Å². The number of benzene rings is 1. The van der Waals surface area contributed by atoms with Crippen LogP contribution in [-0.4, -0.2) is 29.9 Å². The molecule has 2 aromatic rings. The molecule has 0 spiro atoms. The van der Waals surface area contributed by atoms with E-state index in [1.165, 1.54) is 6.07 Å². The molecule has 5 nitrogen and oxygen atoms in total. The Kier molecular flexibility index (Phi) is 4.09. The number of ether oxygens (including phenoxy) is 1. The standard InChI is InChI=1S/C13H13BrFN3O2/c14-9-5-8(1-2-10(9)15)6-12-17-13(18-20-12)11-7-19-4-3-16-11/h1-2,5,11,16H,3-4,6-7H2. The average Bonchev–Trinajstić information content (AvgIpc) is 2.92. The van der Waals surface area contributed by atoms with Crippen LogP contribution in [0.5, 0.6) is 0 Å². The van der Waals surface area contributed by atoms with Crippen molar-refractivity contribution in [2.45, 2.75) is 12.5 Å². The molecule has 0 saturated carbocycles. The molecule has 1 saturated heterocycles. The Hall–Kier alpha value is -1.31. The van der Waals surface area contributed by atoms with Crippen LogP contribution in [-0.2, 0) is 11.2 Å². The maximum atomic E-state index is 13.2. The minimum Gasteiger partial charge on any atom is -0.378 e. The van der Waals surface area contributed by atoms with Crippen molar-refractivity contribution in [1.82, 2.24) is 15.5 Å². The predicted octanol–water partition coefficient (Wildman–Crippen LogP) is 2.22. The normalized spacial score (nSPS) is 19.2. The SMILES string of the molecule is Fc1ccc(Cc2nc(C3COCCN3)no2)cc1Br. The molecule has 1 N–H and O–H groups in total. The van der Waals surface area contributed by atoms with E-state index in [2.05, 4.69) is 31.4 Å². The van der Waals surface area contributed by atoms with Gasteiger partial charge in [-0.25, -0.2) is 4.39 Å². The van der Waals surface area contributed by atoms with Gasteiger partial charge >= 0.3 is 0 Å². The third-order valence-corrected chi connectivity index (χ3v) is 3.66. The first-order chi connectivity index (χ1) is 9.72. The molecule has 0 amide bonds. The highest BCUT2D eigenvalue weighted by Crippen LogP contribution is 2.19. The maximum absolute atomic E-state index is 13.2. The van der Waals surface area contributed by atoms with E-state index in [0.29, 0.717) is 35.8 Å². The van der Waals surface area contributed by atoms with Gasteiger partial charge in [0.1, 0.15) is 5.82 Å². The Bertz CT molecular complexity index is 599. The van der Waals surface area contributed by atoms with Crippen LogP contribution >= 0.6 is 15.9 Å². The second-order valence-electron chi connectivity index (χ2n) is 4.55. The number of halogens is 2. The van der Waals surface area contributed by atoms with Gasteiger partial charge in [0, 0.05) is 6.54 Å². The van der Waals surface area contributed by atoms with Crippen molar-refractivity contribution in [2.75, 3.05) is 19.8 Å². The molecule has 1 atom stereocenters. The third kappa shape index (κ3) is 3.05. The van der Waals surface area contributed by atoms with Crippen molar-refractivity contribution in [3.63, 3.8) is 0 Å². The van der Waals surface area contributed by atoms with E-state index in [0.717, 1.165) is 12.1 Å². The summed E-state index contributed by atoms with van der Waals surface area (Å²) >= 11 is 3.16. The van der Waals surface area contributed by atoms with Gasteiger partial charge in [0.15, 0.2) is 5.82 Å². The smallest absolute Gasteiger partial charge is 0.231 e. The number of morpholine rings is 1. The van der Waals surface area contributed by atoms with Crippen molar-refractivity contribution in [3.05, 3.63) is 45.8 Å². The summed E-state index contributed by atoms with van der Waals surface area (Å²) in [4.78, 5) is 4.35. The van der Waals surface area contributed by atoms with Gasteiger partial charge in [0.2, 0.25) is 5.89 Å². The minimum atomic E-state index is -0.288. The number of hydrogen-bond acceptors (Lipinski definition) is 5. The molecule has 1 aliphatic heterocycles. The molecule has 1 aromatic carbocycles. The maximum Gasteiger partial charge on any atom is 0.231 e. The lowest BCUT2D eigenvalue weighted by Gasteiger charge is -2.20. The highest BCUT2D eigenvalue weighted by Gasteiger charge is 2.21. The van der Waals surface area contributed by atoms with Gasteiger partial charge in [0.05, 0.1) is 30.1 Å². The highest BCUT2D eigenvalue weighted by atomic mass is 79.9. The first-order valence-corrected chi connectivity index (χ1v) is 7.09. The zero-order valence-electron chi connectivity index (χ0n) is 10.6. The molecule has 1 unspecified atom stereocenters. The second-order valence-corrected chi connectivity index (χ2v) is 5.41. The monoisotopic (exact) mass is 341 g/mol. The van der Waals surface area contributed by atoms with E-state index in [9.17, 15) is 4.39 Å². The lowest BCUT2D eigenvalue weighted by molar-refractivity contribution is 0.0734. The van der Waals surface area contributed by atoms with E-state index < -0.39 is 0 Å². The molecule has 7 heteroatoms. The predicted molar refractivity (Wildman–Crippen MR) is 72.8 cm³/mol. The van der Waals surface area contributed by atoms with Gasteiger partial charge in [-0.2, -0.15) is 4.98 Å². The summed E-state index contributed by atoms with van der Waals surface area (Å²) in [5.74, 6) is 0.815. The van der Waals surface area contributed by atoms with E-state index >= 15 is 0 Å². The van der Waals surface area contributed by atoms with Crippen molar-refractivity contribution in [3.8, 4) is 0 Å². The summed E-state index contributed by atoms with van der Waals surface area (Å²) in [7, 11) is 0. The molecular formula is C13H13BrFN3O2. The third-order valence-electron chi connectivity index (χ3n) is 3.06. The lowest BCUT2D eigenvalue weighted by Crippen LogP contribution is -2.35. The van der Waals surface area contributed by atoms with Crippen LogP contribution in [0.3, 0.4) is 0 Å². The molecule has 0 aliphatic carbocycles. The zero-order valence-corrected chi connectivity index (χ0v) is 12.2. The van der Waals surface area contributed by atoms with Gasteiger partial charge in [-0.1, -0.05) is 11.2 Å². The fourth-order valence-corrected chi connectivity index (χ4v) is 2.46. The van der Waals surface area contributed by atoms with Crippen LogP contribution in [0.2, 0.25) is 0 Å². The highest BCUT2D eigenvalue weighted by molar-refractivity contribution is 9.10. The van der Waals surface area contributed by atoms with Gasteiger partial charge < -0.3 is 14.6 Å². The van der Waals surface area contributed by atoms with Crippen LogP contribution < -0.4 is 5.32 Å². The Labute approximate surface area is 123 Å². The fourth-order valence-electron chi connectivity index (χ4n) is 2.04. The van der Waals surface area contributed by atoms with Gasteiger partial charge in [-0.15, -0.1) is 0 Å². The van der Waals surface area contributed by atoms with E-state index in [-0.39, 0.29) is 11.9 Å². The summed E-state index contributed by atoms with van der Waals surface area (Å²) in [6, 6.07) is 4.79. The van der Waals surface area contributed by atoms with Crippen LogP contribution in [0.15, 0.2) is 27.2 Å². The summed E-state index contributed by atoms with van der Waals surface area (Å²) < 4.78 is 24.2.